The zero-order valence-corrected chi connectivity index (χ0v) is 9.17. The van der Waals surface area contributed by atoms with Crippen LogP contribution in [0.25, 0.3) is 0 Å². The summed E-state index contributed by atoms with van der Waals surface area (Å²) < 4.78 is 4.91. The van der Waals surface area contributed by atoms with Crippen molar-refractivity contribution < 1.29 is 4.74 Å². The van der Waals surface area contributed by atoms with Crippen LogP contribution in [0.3, 0.4) is 0 Å². The van der Waals surface area contributed by atoms with Crippen molar-refractivity contribution in [2.75, 3.05) is 20.3 Å². The molecule has 0 bridgehead atoms. The van der Waals surface area contributed by atoms with E-state index in [9.17, 15) is 0 Å². The van der Waals surface area contributed by atoms with Crippen LogP contribution in [0.2, 0.25) is 0 Å². The van der Waals surface area contributed by atoms with Crippen LogP contribution >= 0.6 is 12.2 Å². The van der Waals surface area contributed by atoms with Gasteiger partial charge in [-0.05, 0) is 38.4 Å². The average molecular weight is 202 g/mol. The molecule has 0 heterocycles. The van der Waals surface area contributed by atoms with Gasteiger partial charge in [-0.1, -0.05) is 0 Å². The summed E-state index contributed by atoms with van der Waals surface area (Å²) in [7, 11) is 1.69. The smallest absolute Gasteiger partial charge is 0.166 e. The molecule has 1 aliphatic rings. The van der Waals surface area contributed by atoms with Crippen molar-refractivity contribution in [2.24, 2.45) is 0 Å². The second-order valence-corrected chi connectivity index (χ2v) is 4.20. The maximum Gasteiger partial charge on any atom is 0.166 e. The molecule has 0 unspecified atom stereocenters. The minimum absolute atomic E-state index is 0.247. The molecule has 0 aliphatic heterocycles. The maximum absolute atomic E-state index is 5.14. The molecule has 76 valence electrons. The maximum atomic E-state index is 5.14. The highest BCUT2D eigenvalue weighted by molar-refractivity contribution is 7.80. The Balaban J connectivity index is 2.10. The van der Waals surface area contributed by atoms with Gasteiger partial charge in [0, 0.05) is 19.2 Å². The Kier molecular flexibility index (Phi) is 3.93. The molecule has 0 aromatic carbocycles. The Morgan fingerprint density at radius 2 is 2.23 bits per heavy atom. The Morgan fingerprint density at radius 3 is 2.69 bits per heavy atom. The Morgan fingerprint density at radius 1 is 1.54 bits per heavy atom. The van der Waals surface area contributed by atoms with Crippen molar-refractivity contribution >= 4 is 17.3 Å². The van der Waals surface area contributed by atoms with Gasteiger partial charge in [0.15, 0.2) is 5.11 Å². The zero-order valence-electron chi connectivity index (χ0n) is 8.35. The molecule has 0 amide bonds. The minimum Gasteiger partial charge on any atom is -0.383 e. The van der Waals surface area contributed by atoms with E-state index in [-0.39, 0.29) is 5.54 Å². The summed E-state index contributed by atoms with van der Waals surface area (Å²) in [4.78, 5) is 0. The lowest BCUT2D eigenvalue weighted by Crippen LogP contribution is -2.54. The SMILES string of the molecule is COCCNC(=S)NC1(C)CCC1. The molecule has 13 heavy (non-hydrogen) atoms. The lowest BCUT2D eigenvalue weighted by Gasteiger charge is -2.40. The van der Waals surface area contributed by atoms with Crippen molar-refractivity contribution in [1.82, 2.24) is 10.6 Å². The molecule has 1 aliphatic carbocycles. The quantitative estimate of drug-likeness (QED) is 0.527. The summed E-state index contributed by atoms with van der Waals surface area (Å²) in [5.74, 6) is 0. The van der Waals surface area contributed by atoms with Gasteiger partial charge >= 0.3 is 0 Å². The molecular formula is C9H18N2OS. The molecule has 0 aromatic heterocycles. The van der Waals surface area contributed by atoms with Gasteiger partial charge in [0.1, 0.15) is 0 Å². The molecule has 0 saturated heterocycles. The number of methoxy groups -OCH3 is 1. The van der Waals surface area contributed by atoms with Crippen LogP contribution in [0.1, 0.15) is 26.2 Å². The summed E-state index contributed by atoms with van der Waals surface area (Å²) in [5.41, 5.74) is 0.247. The first kappa shape index (κ1) is 10.7. The highest BCUT2D eigenvalue weighted by atomic mass is 32.1. The Bertz CT molecular complexity index is 180. The normalized spacial score (nSPS) is 18.9. The summed E-state index contributed by atoms with van der Waals surface area (Å²) in [5, 5.41) is 7.17. The van der Waals surface area contributed by atoms with E-state index in [0.717, 1.165) is 11.7 Å². The van der Waals surface area contributed by atoms with Gasteiger partial charge in [0.2, 0.25) is 0 Å². The van der Waals surface area contributed by atoms with Crippen LogP contribution < -0.4 is 10.6 Å². The molecular weight excluding hydrogens is 184 g/mol. The molecule has 1 fully saturated rings. The number of rotatable bonds is 4. The Labute approximate surface area is 85.2 Å². The van der Waals surface area contributed by atoms with Crippen LogP contribution in [-0.2, 0) is 4.74 Å². The first-order valence-electron chi connectivity index (χ1n) is 4.71. The molecule has 0 spiro atoms. The van der Waals surface area contributed by atoms with Crippen LogP contribution in [-0.4, -0.2) is 30.9 Å². The summed E-state index contributed by atoms with van der Waals surface area (Å²) in [6.45, 7) is 3.68. The second-order valence-electron chi connectivity index (χ2n) is 3.79. The zero-order chi connectivity index (χ0) is 9.73. The summed E-state index contributed by atoms with van der Waals surface area (Å²) in [6.07, 6.45) is 3.75. The molecule has 2 N–H and O–H groups in total. The van der Waals surface area contributed by atoms with Gasteiger partial charge in [-0.3, -0.25) is 0 Å². The van der Waals surface area contributed by atoms with Gasteiger partial charge in [-0.25, -0.2) is 0 Å². The van der Waals surface area contributed by atoms with Crippen molar-refractivity contribution in [1.29, 1.82) is 0 Å². The van der Waals surface area contributed by atoms with Gasteiger partial charge < -0.3 is 15.4 Å². The highest BCUT2D eigenvalue weighted by Gasteiger charge is 2.31. The van der Waals surface area contributed by atoms with Crippen molar-refractivity contribution in [3.8, 4) is 0 Å². The third-order valence-corrected chi connectivity index (χ3v) is 2.71. The largest absolute Gasteiger partial charge is 0.383 e. The number of nitrogens with one attached hydrogen (secondary N) is 2. The van der Waals surface area contributed by atoms with E-state index in [0.29, 0.717) is 6.61 Å². The fraction of sp³-hybridized carbons (Fsp3) is 0.889. The summed E-state index contributed by atoms with van der Waals surface area (Å²) in [6, 6.07) is 0. The monoisotopic (exact) mass is 202 g/mol. The van der Waals surface area contributed by atoms with Gasteiger partial charge in [-0.2, -0.15) is 0 Å². The number of hydrogen-bond acceptors (Lipinski definition) is 2. The van der Waals surface area contributed by atoms with Crippen LogP contribution in [0.5, 0.6) is 0 Å². The second kappa shape index (κ2) is 4.77. The fourth-order valence-corrected chi connectivity index (χ4v) is 1.77. The van der Waals surface area contributed by atoms with E-state index in [1.807, 2.05) is 0 Å². The lowest BCUT2D eigenvalue weighted by atomic mass is 9.79. The molecule has 0 aromatic rings. The number of ether oxygens (including phenoxy) is 1. The topological polar surface area (TPSA) is 33.3 Å². The molecule has 0 atom stereocenters. The number of hydrogen-bond donors (Lipinski definition) is 2. The van der Waals surface area contributed by atoms with Crippen molar-refractivity contribution in [2.45, 2.75) is 31.7 Å². The van der Waals surface area contributed by atoms with E-state index in [1.165, 1.54) is 19.3 Å². The number of thiocarbonyl (C=S) groups is 1. The minimum atomic E-state index is 0.247. The van der Waals surface area contributed by atoms with E-state index >= 15 is 0 Å². The van der Waals surface area contributed by atoms with Crippen LogP contribution in [0.4, 0.5) is 0 Å². The van der Waals surface area contributed by atoms with E-state index < -0.39 is 0 Å². The lowest BCUT2D eigenvalue weighted by molar-refractivity contribution is 0.202. The molecule has 1 saturated carbocycles. The molecule has 4 heteroatoms. The van der Waals surface area contributed by atoms with E-state index in [4.69, 9.17) is 17.0 Å². The van der Waals surface area contributed by atoms with Gasteiger partial charge in [0.25, 0.3) is 0 Å². The third-order valence-electron chi connectivity index (χ3n) is 2.46. The molecule has 3 nitrogen and oxygen atoms in total. The fourth-order valence-electron chi connectivity index (χ4n) is 1.42. The summed E-state index contributed by atoms with van der Waals surface area (Å²) >= 11 is 5.14. The highest BCUT2D eigenvalue weighted by Crippen LogP contribution is 2.30. The first-order chi connectivity index (χ1) is 6.16. The van der Waals surface area contributed by atoms with Crippen LogP contribution in [0.15, 0.2) is 0 Å². The standard InChI is InChI=1S/C9H18N2OS/c1-9(4-3-5-9)11-8(13)10-6-7-12-2/h3-7H2,1-2H3,(H2,10,11,13). The van der Waals surface area contributed by atoms with Crippen LogP contribution in [0, 0.1) is 0 Å². The third kappa shape index (κ3) is 3.48. The van der Waals surface area contributed by atoms with E-state index in [1.54, 1.807) is 7.11 Å². The van der Waals surface area contributed by atoms with Gasteiger partial charge in [-0.15, -0.1) is 0 Å². The van der Waals surface area contributed by atoms with Crippen molar-refractivity contribution in [3.05, 3.63) is 0 Å². The molecule has 0 radical (unpaired) electrons. The van der Waals surface area contributed by atoms with Crippen molar-refractivity contribution in [3.63, 3.8) is 0 Å². The van der Waals surface area contributed by atoms with Gasteiger partial charge in [0.05, 0.1) is 6.61 Å². The Hall–Kier alpha value is -0.350. The molecule has 1 rings (SSSR count). The van der Waals surface area contributed by atoms with E-state index in [2.05, 4.69) is 17.6 Å². The first-order valence-corrected chi connectivity index (χ1v) is 5.12. The average Bonchev–Trinajstić information content (AvgIpc) is 2.02. The predicted octanol–water partition coefficient (Wildman–Crippen LogP) is 1.04. The predicted molar refractivity (Wildman–Crippen MR) is 57.9 cm³/mol.